The Labute approximate surface area is 101 Å². The maximum Gasteiger partial charge on any atom is 0.145 e. The maximum atomic E-state index is 6.27. The minimum absolute atomic E-state index is 0.808. The second-order valence-corrected chi connectivity index (χ2v) is 4.51. The molecule has 1 heterocycles. The fourth-order valence-corrected chi connectivity index (χ4v) is 2.62. The Morgan fingerprint density at radius 2 is 2.06 bits per heavy atom. The predicted molar refractivity (Wildman–Crippen MR) is 69.3 cm³/mol. The lowest BCUT2D eigenvalue weighted by atomic mass is 9.93. The van der Waals surface area contributed by atoms with Crippen LogP contribution in [0.3, 0.4) is 0 Å². The third-order valence-corrected chi connectivity index (χ3v) is 3.52. The number of nitrogens with two attached hydrogens (primary N) is 1. The summed E-state index contributed by atoms with van der Waals surface area (Å²) in [7, 11) is 1.67. The first-order valence-electron chi connectivity index (χ1n) is 6.05. The number of nitrogens with zero attached hydrogens (tertiary/aromatic N) is 1. The van der Waals surface area contributed by atoms with Crippen molar-refractivity contribution < 1.29 is 4.74 Å². The molecule has 0 unspecified atom stereocenters. The van der Waals surface area contributed by atoms with Crippen LogP contribution in [0.2, 0.25) is 0 Å². The fraction of sp³-hybridized carbons (Fsp3) is 0.357. The summed E-state index contributed by atoms with van der Waals surface area (Å²) in [5.74, 6) is 0.808. The molecule has 1 aromatic carbocycles. The van der Waals surface area contributed by atoms with Crippen molar-refractivity contribution in [2.75, 3.05) is 12.8 Å². The molecule has 3 heteroatoms. The van der Waals surface area contributed by atoms with Gasteiger partial charge >= 0.3 is 0 Å². The fourth-order valence-electron chi connectivity index (χ4n) is 2.62. The predicted octanol–water partition coefficient (Wildman–Crippen LogP) is 2.70. The topological polar surface area (TPSA) is 48.1 Å². The summed E-state index contributed by atoms with van der Waals surface area (Å²) >= 11 is 0. The molecular weight excluding hydrogens is 212 g/mol. The van der Waals surface area contributed by atoms with Crippen molar-refractivity contribution in [2.24, 2.45) is 0 Å². The molecular formula is C14H16N2O. The summed E-state index contributed by atoms with van der Waals surface area (Å²) < 4.78 is 5.36. The lowest BCUT2D eigenvalue weighted by Gasteiger charge is -2.19. The summed E-state index contributed by atoms with van der Waals surface area (Å²) in [6, 6.07) is 5.92. The molecule has 3 nitrogen and oxygen atoms in total. The van der Waals surface area contributed by atoms with Gasteiger partial charge in [-0.25, -0.2) is 4.98 Å². The molecule has 1 aliphatic rings. The van der Waals surface area contributed by atoms with Gasteiger partial charge < -0.3 is 10.5 Å². The number of ether oxygens (including phenoxy) is 1. The van der Waals surface area contributed by atoms with E-state index >= 15 is 0 Å². The van der Waals surface area contributed by atoms with Gasteiger partial charge in [-0.2, -0.15) is 0 Å². The molecule has 0 aliphatic heterocycles. The van der Waals surface area contributed by atoms with Crippen molar-refractivity contribution in [3.63, 3.8) is 0 Å². The molecule has 88 valence electrons. The lowest BCUT2D eigenvalue weighted by molar-refractivity contribution is 0.418. The molecule has 0 spiro atoms. The van der Waals surface area contributed by atoms with Gasteiger partial charge in [-0.15, -0.1) is 0 Å². The highest BCUT2D eigenvalue weighted by Gasteiger charge is 2.17. The van der Waals surface area contributed by atoms with E-state index in [4.69, 9.17) is 15.5 Å². The Kier molecular flexibility index (Phi) is 2.39. The summed E-state index contributed by atoms with van der Waals surface area (Å²) in [5, 5.41) is 1.02. The van der Waals surface area contributed by atoms with Crippen LogP contribution < -0.4 is 10.5 Å². The maximum absolute atomic E-state index is 6.27. The van der Waals surface area contributed by atoms with E-state index in [0.717, 1.165) is 40.9 Å². The minimum Gasteiger partial charge on any atom is -0.494 e. The van der Waals surface area contributed by atoms with Gasteiger partial charge in [0, 0.05) is 16.8 Å². The molecule has 17 heavy (non-hydrogen) atoms. The highest BCUT2D eigenvalue weighted by Crippen LogP contribution is 2.34. The second-order valence-electron chi connectivity index (χ2n) is 4.51. The van der Waals surface area contributed by atoms with Crippen LogP contribution in [-0.4, -0.2) is 12.1 Å². The first-order chi connectivity index (χ1) is 8.31. The number of hydrogen-bond donors (Lipinski definition) is 1. The van der Waals surface area contributed by atoms with Crippen LogP contribution in [0, 0.1) is 0 Å². The standard InChI is InChI=1S/C14H16N2O/c1-17-12-8-4-6-10-13(15)9-5-2-3-7-11(9)16-14(10)12/h4,6,8H,2-3,5,7H2,1H3,(H2,15,16). The van der Waals surface area contributed by atoms with E-state index in [0.29, 0.717) is 0 Å². The molecule has 0 saturated heterocycles. The first-order valence-corrected chi connectivity index (χ1v) is 6.05. The molecule has 0 radical (unpaired) electrons. The van der Waals surface area contributed by atoms with Crippen LogP contribution in [-0.2, 0) is 12.8 Å². The monoisotopic (exact) mass is 228 g/mol. The molecule has 0 atom stereocenters. The van der Waals surface area contributed by atoms with Crippen molar-refractivity contribution in [1.29, 1.82) is 0 Å². The third kappa shape index (κ3) is 1.54. The average Bonchev–Trinajstić information content (AvgIpc) is 2.38. The number of nitrogen functional groups attached to an aromatic ring is 1. The quantitative estimate of drug-likeness (QED) is 0.816. The van der Waals surface area contributed by atoms with Gasteiger partial charge in [-0.1, -0.05) is 12.1 Å². The zero-order valence-electron chi connectivity index (χ0n) is 9.99. The van der Waals surface area contributed by atoms with Crippen molar-refractivity contribution >= 4 is 16.6 Å². The lowest BCUT2D eigenvalue weighted by Crippen LogP contribution is -2.09. The Morgan fingerprint density at radius 1 is 1.24 bits per heavy atom. The second kappa shape index (κ2) is 3.91. The van der Waals surface area contributed by atoms with E-state index in [-0.39, 0.29) is 0 Å². The van der Waals surface area contributed by atoms with Crippen LogP contribution in [0.15, 0.2) is 18.2 Å². The Balaban J connectivity index is 2.35. The molecule has 0 bridgehead atoms. The normalized spacial score (nSPS) is 14.6. The zero-order valence-corrected chi connectivity index (χ0v) is 9.99. The summed E-state index contributed by atoms with van der Waals surface area (Å²) in [6.45, 7) is 0. The molecule has 1 aromatic heterocycles. The average molecular weight is 228 g/mol. The van der Waals surface area contributed by atoms with Gasteiger partial charge in [0.05, 0.1) is 7.11 Å². The van der Waals surface area contributed by atoms with Gasteiger partial charge in [-0.3, -0.25) is 0 Å². The molecule has 2 aromatic rings. The van der Waals surface area contributed by atoms with E-state index < -0.39 is 0 Å². The number of para-hydroxylation sites is 1. The van der Waals surface area contributed by atoms with E-state index in [1.165, 1.54) is 18.4 Å². The van der Waals surface area contributed by atoms with Gasteiger partial charge in [0.1, 0.15) is 11.3 Å². The van der Waals surface area contributed by atoms with Crippen LogP contribution in [0.4, 0.5) is 5.69 Å². The Bertz CT molecular complexity index is 578. The van der Waals surface area contributed by atoms with Crippen molar-refractivity contribution in [3.05, 3.63) is 29.5 Å². The number of hydrogen-bond acceptors (Lipinski definition) is 3. The number of methoxy groups -OCH3 is 1. The molecule has 0 fully saturated rings. The highest BCUT2D eigenvalue weighted by molar-refractivity contribution is 5.95. The zero-order chi connectivity index (χ0) is 11.8. The Hall–Kier alpha value is -1.77. The summed E-state index contributed by atoms with van der Waals surface area (Å²) in [4.78, 5) is 4.74. The smallest absolute Gasteiger partial charge is 0.145 e. The van der Waals surface area contributed by atoms with E-state index in [2.05, 4.69) is 0 Å². The highest BCUT2D eigenvalue weighted by atomic mass is 16.5. The molecule has 0 amide bonds. The largest absolute Gasteiger partial charge is 0.494 e. The van der Waals surface area contributed by atoms with Crippen molar-refractivity contribution in [1.82, 2.24) is 4.98 Å². The summed E-state index contributed by atoms with van der Waals surface area (Å²) in [5.41, 5.74) is 10.5. The number of fused-ring (bicyclic) bond motifs is 2. The number of rotatable bonds is 1. The SMILES string of the molecule is COc1cccc2c(N)c3c(nc12)CCCC3. The molecule has 2 N–H and O–H groups in total. The molecule has 3 rings (SSSR count). The van der Waals surface area contributed by atoms with Crippen molar-refractivity contribution in [3.8, 4) is 5.75 Å². The number of aromatic nitrogens is 1. The van der Waals surface area contributed by atoms with E-state index in [9.17, 15) is 0 Å². The number of anilines is 1. The van der Waals surface area contributed by atoms with Crippen molar-refractivity contribution in [2.45, 2.75) is 25.7 Å². The van der Waals surface area contributed by atoms with Gasteiger partial charge in [0.25, 0.3) is 0 Å². The number of pyridine rings is 1. The summed E-state index contributed by atoms with van der Waals surface area (Å²) in [6.07, 6.45) is 4.52. The van der Waals surface area contributed by atoms with E-state index in [1.54, 1.807) is 7.11 Å². The van der Waals surface area contributed by atoms with Gasteiger partial charge in [-0.05, 0) is 37.3 Å². The van der Waals surface area contributed by atoms with Crippen LogP contribution in [0.25, 0.3) is 10.9 Å². The van der Waals surface area contributed by atoms with Crippen LogP contribution >= 0.6 is 0 Å². The molecule has 0 saturated carbocycles. The Morgan fingerprint density at radius 3 is 2.88 bits per heavy atom. The number of benzene rings is 1. The minimum atomic E-state index is 0.808. The molecule has 1 aliphatic carbocycles. The van der Waals surface area contributed by atoms with E-state index in [1.807, 2.05) is 18.2 Å². The van der Waals surface area contributed by atoms with Gasteiger partial charge in [0.2, 0.25) is 0 Å². The number of aryl methyl sites for hydroxylation is 1. The third-order valence-electron chi connectivity index (χ3n) is 3.52. The first kappa shape index (κ1) is 10.4. The van der Waals surface area contributed by atoms with Crippen LogP contribution in [0.1, 0.15) is 24.1 Å². The van der Waals surface area contributed by atoms with Crippen LogP contribution in [0.5, 0.6) is 5.75 Å². The van der Waals surface area contributed by atoms with Gasteiger partial charge in [0.15, 0.2) is 0 Å².